The molecular formula is C31H30Cl2FN3O5. The standard InChI is InChI=1S/C31H30Cl2FN3O5/c1-30(2,3)13-16-11-18(27(38)36-21-9-8-15(28(39)40)10-23(21)42-4)25(17-6-5-7-20(32)26(17)34)31(16)19-14-35-24(33)12-22(19)37-29(31)41/h5-10,12,14,16,18,25H,11,13H2,1-4H3,(H,36,38)(H,37,41)(H,39,40)/t16-,18+,25-,31-/m1/s1. The van der Waals surface area contributed by atoms with Crippen molar-refractivity contribution in [2.45, 2.75) is 44.9 Å². The van der Waals surface area contributed by atoms with Gasteiger partial charge in [-0.3, -0.25) is 9.59 Å². The minimum Gasteiger partial charge on any atom is -0.495 e. The van der Waals surface area contributed by atoms with Crippen molar-refractivity contribution in [3.63, 3.8) is 0 Å². The lowest BCUT2D eigenvalue weighted by Crippen LogP contribution is -2.45. The van der Waals surface area contributed by atoms with E-state index >= 15 is 4.39 Å². The van der Waals surface area contributed by atoms with Gasteiger partial charge in [-0.05, 0) is 60.1 Å². The van der Waals surface area contributed by atoms with Crippen LogP contribution in [-0.2, 0) is 15.0 Å². The number of pyridine rings is 1. The first-order chi connectivity index (χ1) is 19.8. The summed E-state index contributed by atoms with van der Waals surface area (Å²) in [5, 5.41) is 15.2. The maximum Gasteiger partial charge on any atom is 0.335 e. The molecule has 3 N–H and O–H groups in total. The number of hydrogen-bond acceptors (Lipinski definition) is 5. The third-order valence-electron chi connectivity index (χ3n) is 8.23. The Labute approximate surface area is 252 Å². The Kier molecular flexibility index (Phi) is 7.70. The van der Waals surface area contributed by atoms with Gasteiger partial charge >= 0.3 is 5.97 Å². The van der Waals surface area contributed by atoms with Crippen molar-refractivity contribution in [1.82, 2.24) is 4.98 Å². The molecular weight excluding hydrogens is 584 g/mol. The molecule has 1 aromatic heterocycles. The van der Waals surface area contributed by atoms with Crippen molar-refractivity contribution in [3.8, 4) is 5.75 Å². The summed E-state index contributed by atoms with van der Waals surface area (Å²) in [5.74, 6) is -4.78. The number of nitrogens with one attached hydrogen (secondary N) is 2. The Morgan fingerprint density at radius 2 is 1.95 bits per heavy atom. The summed E-state index contributed by atoms with van der Waals surface area (Å²) < 4.78 is 21.3. The first-order valence-electron chi connectivity index (χ1n) is 13.4. The van der Waals surface area contributed by atoms with Crippen LogP contribution in [0.5, 0.6) is 5.75 Å². The lowest BCUT2D eigenvalue weighted by molar-refractivity contribution is -0.123. The fourth-order valence-electron chi connectivity index (χ4n) is 6.74. The van der Waals surface area contributed by atoms with E-state index in [0.29, 0.717) is 17.7 Å². The number of amides is 2. The molecule has 1 aliphatic carbocycles. The first kappa shape index (κ1) is 29.8. The minimum absolute atomic E-state index is 0.0146. The number of aromatic carboxylic acids is 1. The smallest absolute Gasteiger partial charge is 0.335 e. The van der Waals surface area contributed by atoms with Crippen LogP contribution in [0.15, 0.2) is 48.7 Å². The predicted octanol–water partition coefficient (Wildman–Crippen LogP) is 6.92. The van der Waals surface area contributed by atoms with Gasteiger partial charge in [0, 0.05) is 29.3 Å². The molecule has 4 atom stereocenters. The van der Waals surface area contributed by atoms with Crippen LogP contribution in [0.4, 0.5) is 15.8 Å². The van der Waals surface area contributed by atoms with Crippen LogP contribution >= 0.6 is 23.2 Å². The Bertz CT molecular complexity index is 1610. The number of benzene rings is 2. The number of anilines is 2. The van der Waals surface area contributed by atoms with Crippen LogP contribution < -0.4 is 15.4 Å². The lowest BCUT2D eigenvalue weighted by Gasteiger charge is -2.38. The molecule has 11 heteroatoms. The largest absolute Gasteiger partial charge is 0.495 e. The van der Waals surface area contributed by atoms with Crippen LogP contribution in [0.25, 0.3) is 0 Å². The molecule has 1 aliphatic heterocycles. The van der Waals surface area contributed by atoms with Crippen molar-refractivity contribution in [3.05, 3.63) is 81.3 Å². The number of carbonyl (C=O) groups excluding carboxylic acids is 2. The van der Waals surface area contributed by atoms with Crippen LogP contribution in [0.1, 0.15) is 61.0 Å². The average molecular weight is 615 g/mol. The zero-order chi connectivity index (χ0) is 30.6. The van der Waals surface area contributed by atoms with E-state index < -0.39 is 40.9 Å². The monoisotopic (exact) mass is 613 g/mol. The van der Waals surface area contributed by atoms with Gasteiger partial charge < -0.3 is 20.5 Å². The van der Waals surface area contributed by atoms with Gasteiger partial charge in [0.1, 0.15) is 16.7 Å². The SMILES string of the molecule is COc1cc(C(=O)O)ccc1NC(=O)[C@H]1C[C@H](CC(C)(C)C)[C@]2(C(=O)Nc3cc(Cl)ncc32)[C@@H]1c1cccc(Cl)c1F. The predicted molar refractivity (Wildman–Crippen MR) is 158 cm³/mol. The van der Waals surface area contributed by atoms with Crippen LogP contribution in [0, 0.1) is 23.1 Å². The molecule has 1 spiro atoms. The van der Waals surface area contributed by atoms with Gasteiger partial charge in [-0.2, -0.15) is 0 Å². The summed E-state index contributed by atoms with van der Waals surface area (Å²) in [7, 11) is 1.36. The molecule has 42 heavy (non-hydrogen) atoms. The molecule has 0 saturated heterocycles. The maximum absolute atomic E-state index is 15.9. The number of aromatic nitrogens is 1. The Balaban J connectivity index is 1.70. The molecule has 1 fully saturated rings. The van der Waals surface area contributed by atoms with Crippen LogP contribution in [-0.4, -0.2) is 35.0 Å². The highest BCUT2D eigenvalue weighted by Gasteiger charge is 2.66. The number of nitrogens with zero attached hydrogens (tertiary/aromatic N) is 1. The van der Waals surface area contributed by atoms with E-state index in [1.165, 1.54) is 37.6 Å². The van der Waals surface area contributed by atoms with Gasteiger partial charge in [-0.15, -0.1) is 0 Å². The molecule has 2 amide bonds. The van der Waals surface area contributed by atoms with E-state index in [1.807, 2.05) is 20.8 Å². The average Bonchev–Trinajstić information content (AvgIpc) is 3.39. The Morgan fingerprint density at radius 3 is 2.62 bits per heavy atom. The first-order valence-corrected chi connectivity index (χ1v) is 14.2. The highest BCUT2D eigenvalue weighted by molar-refractivity contribution is 6.31. The number of halogens is 3. The highest BCUT2D eigenvalue weighted by atomic mass is 35.5. The Morgan fingerprint density at radius 1 is 1.21 bits per heavy atom. The van der Waals surface area contributed by atoms with Crippen LogP contribution in [0.3, 0.4) is 0 Å². The van der Waals surface area contributed by atoms with E-state index in [4.69, 9.17) is 27.9 Å². The molecule has 1 saturated carbocycles. The molecule has 2 aromatic carbocycles. The summed E-state index contributed by atoms with van der Waals surface area (Å²) in [6, 6.07) is 10.2. The molecule has 5 rings (SSSR count). The third-order valence-corrected chi connectivity index (χ3v) is 8.73. The zero-order valence-corrected chi connectivity index (χ0v) is 24.9. The fourth-order valence-corrected chi connectivity index (χ4v) is 7.08. The van der Waals surface area contributed by atoms with E-state index in [-0.39, 0.29) is 50.5 Å². The van der Waals surface area contributed by atoms with E-state index in [9.17, 15) is 19.5 Å². The summed E-state index contributed by atoms with van der Waals surface area (Å²) in [4.78, 5) is 44.2. The van der Waals surface area contributed by atoms with Gasteiger partial charge in [-0.1, -0.05) is 56.1 Å². The molecule has 3 aromatic rings. The number of carboxylic acid groups (broad SMARTS) is 1. The van der Waals surface area contributed by atoms with E-state index in [1.54, 1.807) is 18.2 Å². The number of fused-ring (bicyclic) bond motifs is 2. The van der Waals surface area contributed by atoms with Gasteiger partial charge in [0.05, 0.1) is 28.8 Å². The van der Waals surface area contributed by atoms with Crippen LogP contribution in [0.2, 0.25) is 10.2 Å². The number of methoxy groups -OCH3 is 1. The Hall–Kier alpha value is -3.69. The number of carboxylic acids is 1. The number of ether oxygens (including phenoxy) is 1. The lowest BCUT2D eigenvalue weighted by atomic mass is 9.62. The van der Waals surface area contributed by atoms with Crippen molar-refractivity contribution < 1.29 is 28.6 Å². The van der Waals surface area contributed by atoms with Gasteiger partial charge in [0.2, 0.25) is 11.8 Å². The van der Waals surface area contributed by atoms with Crippen molar-refractivity contribution in [2.24, 2.45) is 17.3 Å². The number of hydrogen-bond donors (Lipinski definition) is 3. The maximum atomic E-state index is 15.9. The minimum atomic E-state index is -1.36. The summed E-state index contributed by atoms with van der Waals surface area (Å²) in [6.07, 6.45) is 2.33. The molecule has 0 bridgehead atoms. The van der Waals surface area contributed by atoms with Crippen molar-refractivity contribution in [1.29, 1.82) is 0 Å². The highest BCUT2D eigenvalue weighted by Crippen LogP contribution is 2.64. The molecule has 0 unspecified atom stereocenters. The zero-order valence-electron chi connectivity index (χ0n) is 23.4. The molecule has 8 nitrogen and oxygen atoms in total. The van der Waals surface area contributed by atoms with Gasteiger partial charge in [0.15, 0.2) is 0 Å². The number of rotatable bonds is 6. The quantitative estimate of drug-likeness (QED) is 0.260. The summed E-state index contributed by atoms with van der Waals surface area (Å²) >= 11 is 12.4. The van der Waals surface area contributed by atoms with Gasteiger partial charge in [0.25, 0.3) is 0 Å². The molecule has 2 aliphatic rings. The molecule has 0 radical (unpaired) electrons. The van der Waals surface area contributed by atoms with Gasteiger partial charge in [-0.25, -0.2) is 14.2 Å². The summed E-state index contributed by atoms with van der Waals surface area (Å²) in [6.45, 7) is 6.14. The third kappa shape index (κ3) is 4.98. The summed E-state index contributed by atoms with van der Waals surface area (Å²) in [5.41, 5.74) is -0.211. The van der Waals surface area contributed by atoms with E-state index in [0.717, 1.165) is 0 Å². The van der Waals surface area contributed by atoms with E-state index in [2.05, 4.69) is 15.6 Å². The van der Waals surface area contributed by atoms with Crippen molar-refractivity contribution >= 4 is 52.4 Å². The topological polar surface area (TPSA) is 118 Å². The molecule has 220 valence electrons. The molecule has 2 heterocycles. The fraction of sp³-hybridized carbons (Fsp3) is 0.355. The second-order valence-electron chi connectivity index (χ2n) is 12.0. The number of carbonyl (C=O) groups is 3. The second-order valence-corrected chi connectivity index (χ2v) is 12.8. The van der Waals surface area contributed by atoms with Crippen molar-refractivity contribution in [2.75, 3.05) is 17.7 Å². The normalized spacial score (nSPS) is 23.0. The second kappa shape index (κ2) is 10.9.